The van der Waals surface area contributed by atoms with Gasteiger partial charge in [-0.05, 0) is 34.4 Å². The summed E-state index contributed by atoms with van der Waals surface area (Å²) in [6.07, 6.45) is 0. The Bertz CT molecular complexity index is 1200. The molecule has 0 saturated heterocycles. The first-order valence-electron chi connectivity index (χ1n) is 7.68. The minimum Gasteiger partial charge on any atom is -0.456 e. The molecule has 4 nitrogen and oxygen atoms in total. The predicted molar refractivity (Wildman–Crippen MR) is 97.8 cm³/mol. The zero-order valence-electron chi connectivity index (χ0n) is 13.1. The Kier molecular flexibility index (Phi) is 3.67. The molecule has 25 heavy (non-hydrogen) atoms. The van der Waals surface area contributed by atoms with Crippen molar-refractivity contribution in [1.29, 1.82) is 0 Å². The van der Waals surface area contributed by atoms with E-state index in [0.29, 0.717) is 16.5 Å². The first kappa shape index (κ1) is 15.6. The molecule has 0 radical (unpaired) electrons. The van der Waals surface area contributed by atoms with Gasteiger partial charge in [0.05, 0.1) is 0 Å². The van der Waals surface area contributed by atoms with Gasteiger partial charge in [0.15, 0.2) is 0 Å². The quantitative estimate of drug-likeness (QED) is 0.526. The minimum atomic E-state index is -4.45. The molecule has 1 N–H and O–H groups in total. The fourth-order valence-electron chi connectivity index (χ4n) is 2.93. The van der Waals surface area contributed by atoms with Crippen molar-refractivity contribution in [1.82, 2.24) is 0 Å². The van der Waals surface area contributed by atoms with Crippen LogP contribution >= 0.6 is 0 Å². The van der Waals surface area contributed by atoms with Crippen molar-refractivity contribution in [3.05, 3.63) is 78.9 Å². The maximum atomic E-state index is 11.9. The van der Waals surface area contributed by atoms with E-state index in [-0.39, 0.29) is 10.6 Å². The lowest BCUT2D eigenvalue weighted by Crippen LogP contribution is -2.02. The molecule has 0 aromatic heterocycles. The Labute approximate surface area is 145 Å². The summed E-state index contributed by atoms with van der Waals surface area (Å²) < 4.78 is 39.4. The van der Waals surface area contributed by atoms with Gasteiger partial charge in [0.1, 0.15) is 16.4 Å². The predicted octanol–water partition coefficient (Wildman–Crippen LogP) is 5.03. The van der Waals surface area contributed by atoms with E-state index in [9.17, 15) is 13.0 Å². The SMILES string of the molecule is O=S(=O)(O)c1c(Oc2ccc3ccccc3c2)ccc2ccccc12. The third-order valence-electron chi connectivity index (χ3n) is 4.05. The molecular formula is C20H14O4S. The number of benzene rings is 4. The average molecular weight is 350 g/mol. The summed E-state index contributed by atoms with van der Waals surface area (Å²) in [4.78, 5) is -0.223. The molecule has 0 heterocycles. The lowest BCUT2D eigenvalue weighted by Gasteiger charge is -2.12. The number of fused-ring (bicyclic) bond motifs is 2. The molecule has 5 heteroatoms. The van der Waals surface area contributed by atoms with Crippen LogP contribution in [0.4, 0.5) is 0 Å². The van der Waals surface area contributed by atoms with Crippen molar-refractivity contribution in [2.45, 2.75) is 4.90 Å². The Morgan fingerprint density at radius 1 is 0.720 bits per heavy atom. The molecule has 0 atom stereocenters. The topological polar surface area (TPSA) is 63.6 Å². The van der Waals surface area contributed by atoms with Crippen LogP contribution in [0.3, 0.4) is 0 Å². The molecule has 0 saturated carbocycles. The van der Waals surface area contributed by atoms with Gasteiger partial charge in [0.25, 0.3) is 10.1 Å². The average Bonchev–Trinajstić information content (AvgIpc) is 2.60. The summed E-state index contributed by atoms with van der Waals surface area (Å²) in [6, 6.07) is 23.6. The van der Waals surface area contributed by atoms with E-state index < -0.39 is 10.1 Å². The zero-order chi connectivity index (χ0) is 17.4. The Balaban J connectivity index is 1.88. The maximum absolute atomic E-state index is 11.9. The summed E-state index contributed by atoms with van der Waals surface area (Å²) >= 11 is 0. The molecular weight excluding hydrogens is 336 g/mol. The largest absolute Gasteiger partial charge is 0.456 e. The van der Waals surface area contributed by atoms with Crippen LogP contribution < -0.4 is 4.74 Å². The maximum Gasteiger partial charge on any atom is 0.298 e. The minimum absolute atomic E-state index is 0.0940. The van der Waals surface area contributed by atoms with Gasteiger partial charge in [-0.1, -0.05) is 60.7 Å². The molecule has 0 amide bonds. The van der Waals surface area contributed by atoms with Gasteiger partial charge in [0.2, 0.25) is 0 Å². The zero-order valence-corrected chi connectivity index (χ0v) is 13.9. The van der Waals surface area contributed by atoms with Gasteiger partial charge in [-0.2, -0.15) is 8.42 Å². The van der Waals surface area contributed by atoms with Crippen LogP contribution in [0.25, 0.3) is 21.5 Å². The summed E-state index contributed by atoms with van der Waals surface area (Å²) in [5.74, 6) is 0.593. The van der Waals surface area contributed by atoms with Gasteiger partial charge < -0.3 is 4.74 Å². The summed E-state index contributed by atoms with van der Waals surface area (Å²) in [5, 5.41) is 3.17. The van der Waals surface area contributed by atoms with Gasteiger partial charge in [-0.3, -0.25) is 4.55 Å². The highest BCUT2D eigenvalue weighted by atomic mass is 32.2. The highest BCUT2D eigenvalue weighted by molar-refractivity contribution is 7.86. The van der Waals surface area contributed by atoms with E-state index in [1.54, 1.807) is 42.5 Å². The molecule has 4 aromatic carbocycles. The first-order chi connectivity index (χ1) is 12.0. The van der Waals surface area contributed by atoms with Crippen molar-refractivity contribution in [2.75, 3.05) is 0 Å². The molecule has 0 aliphatic heterocycles. The third kappa shape index (κ3) is 2.95. The van der Waals surface area contributed by atoms with Crippen LogP contribution in [-0.2, 0) is 10.1 Å². The van der Waals surface area contributed by atoms with Gasteiger partial charge in [-0.25, -0.2) is 0 Å². The number of hydrogen-bond donors (Lipinski definition) is 1. The molecule has 0 spiro atoms. The molecule has 0 aliphatic rings. The molecule has 0 unspecified atom stereocenters. The Morgan fingerprint density at radius 3 is 2.12 bits per heavy atom. The molecule has 124 valence electrons. The van der Waals surface area contributed by atoms with E-state index >= 15 is 0 Å². The fraction of sp³-hybridized carbons (Fsp3) is 0. The fourth-order valence-corrected chi connectivity index (χ4v) is 3.76. The lowest BCUT2D eigenvalue weighted by atomic mass is 10.1. The van der Waals surface area contributed by atoms with E-state index in [4.69, 9.17) is 4.74 Å². The van der Waals surface area contributed by atoms with E-state index in [1.807, 2.05) is 36.4 Å². The smallest absolute Gasteiger partial charge is 0.298 e. The van der Waals surface area contributed by atoms with Gasteiger partial charge >= 0.3 is 0 Å². The summed E-state index contributed by atoms with van der Waals surface area (Å²) in [5.41, 5.74) is 0. The van der Waals surface area contributed by atoms with Crippen LogP contribution in [0.1, 0.15) is 0 Å². The third-order valence-corrected chi connectivity index (χ3v) is 4.99. The van der Waals surface area contributed by atoms with Crippen LogP contribution in [0.15, 0.2) is 83.8 Å². The Morgan fingerprint density at radius 2 is 1.36 bits per heavy atom. The summed E-state index contributed by atoms with van der Waals surface area (Å²) in [6.45, 7) is 0. The molecule has 0 aliphatic carbocycles. The normalized spacial score (nSPS) is 11.7. The van der Waals surface area contributed by atoms with E-state index in [2.05, 4.69) is 0 Å². The van der Waals surface area contributed by atoms with Crippen molar-refractivity contribution in [2.24, 2.45) is 0 Å². The Hall–Kier alpha value is -2.89. The van der Waals surface area contributed by atoms with E-state index in [0.717, 1.165) is 10.8 Å². The second-order valence-corrected chi connectivity index (χ2v) is 7.06. The van der Waals surface area contributed by atoms with Crippen LogP contribution in [0.2, 0.25) is 0 Å². The monoisotopic (exact) mass is 350 g/mol. The number of ether oxygens (including phenoxy) is 1. The van der Waals surface area contributed by atoms with Crippen molar-refractivity contribution >= 4 is 31.7 Å². The first-order valence-corrected chi connectivity index (χ1v) is 9.12. The molecule has 0 bridgehead atoms. The summed E-state index contributed by atoms with van der Waals surface area (Å²) in [7, 11) is -4.45. The van der Waals surface area contributed by atoms with Gasteiger partial charge in [0, 0.05) is 5.39 Å². The molecule has 4 rings (SSSR count). The lowest BCUT2D eigenvalue weighted by molar-refractivity contribution is 0.452. The number of hydrogen-bond acceptors (Lipinski definition) is 3. The van der Waals surface area contributed by atoms with E-state index in [1.165, 1.54) is 0 Å². The molecule has 4 aromatic rings. The van der Waals surface area contributed by atoms with Crippen molar-refractivity contribution in [3.63, 3.8) is 0 Å². The van der Waals surface area contributed by atoms with Crippen LogP contribution in [0.5, 0.6) is 11.5 Å². The van der Waals surface area contributed by atoms with Crippen LogP contribution in [-0.4, -0.2) is 13.0 Å². The van der Waals surface area contributed by atoms with Crippen molar-refractivity contribution in [3.8, 4) is 11.5 Å². The number of rotatable bonds is 3. The second kappa shape index (κ2) is 5.88. The highest BCUT2D eigenvalue weighted by Gasteiger charge is 2.21. The standard InChI is InChI=1S/C20H14O4S/c21-25(22,23)20-18-8-4-3-6-15(18)10-12-19(20)24-17-11-9-14-5-1-2-7-16(14)13-17/h1-13H,(H,21,22,23). The van der Waals surface area contributed by atoms with Gasteiger partial charge in [-0.15, -0.1) is 0 Å². The van der Waals surface area contributed by atoms with Crippen molar-refractivity contribution < 1.29 is 17.7 Å². The van der Waals surface area contributed by atoms with Crippen LogP contribution in [0, 0.1) is 0 Å². The highest BCUT2D eigenvalue weighted by Crippen LogP contribution is 2.35. The molecule has 0 fully saturated rings. The second-order valence-electron chi connectivity index (χ2n) is 5.70.